The van der Waals surface area contributed by atoms with Crippen LogP contribution in [0.2, 0.25) is 0 Å². The molecule has 1 aromatic rings. The van der Waals surface area contributed by atoms with Crippen LogP contribution in [0.3, 0.4) is 0 Å². The average Bonchev–Trinajstić information content (AvgIpc) is 2.61. The first kappa shape index (κ1) is 16.9. The minimum atomic E-state index is -0.478. The largest absolute Gasteiger partial charge is 0.497 e. The van der Waals surface area contributed by atoms with Gasteiger partial charge in [-0.05, 0) is 12.1 Å². The van der Waals surface area contributed by atoms with E-state index < -0.39 is 5.91 Å². The molecule has 126 valence electrons. The molecule has 0 saturated carbocycles. The standard InChI is InChI=1S/C15H22N4O4/c1-22-11-3-4-12(13(9-11)23-2)18-5-7-19(8-6-18)15(21)10-14(20)17-16/h3-4,9H,5-8,10,16H2,1-2H3,(H,17,20). The van der Waals surface area contributed by atoms with Gasteiger partial charge in [0, 0.05) is 32.2 Å². The molecule has 1 aliphatic rings. The highest BCUT2D eigenvalue weighted by Gasteiger charge is 2.24. The highest BCUT2D eigenvalue weighted by atomic mass is 16.5. The normalized spacial score (nSPS) is 14.4. The highest BCUT2D eigenvalue weighted by molar-refractivity contribution is 5.96. The van der Waals surface area contributed by atoms with Crippen LogP contribution in [0.25, 0.3) is 0 Å². The zero-order chi connectivity index (χ0) is 16.8. The summed E-state index contributed by atoms with van der Waals surface area (Å²) in [4.78, 5) is 27.0. The van der Waals surface area contributed by atoms with E-state index in [0.29, 0.717) is 26.2 Å². The molecule has 0 atom stereocenters. The minimum Gasteiger partial charge on any atom is -0.497 e. The summed E-state index contributed by atoms with van der Waals surface area (Å²) in [6, 6.07) is 5.65. The number of rotatable bonds is 5. The molecule has 1 fully saturated rings. The highest BCUT2D eigenvalue weighted by Crippen LogP contribution is 2.32. The lowest BCUT2D eigenvalue weighted by molar-refractivity contribution is -0.136. The number of hydrazine groups is 1. The first-order chi connectivity index (χ1) is 11.1. The molecule has 0 radical (unpaired) electrons. The topological polar surface area (TPSA) is 97.1 Å². The Kier molecular flexibility index (Phi) is 5.64. The van der Waals surface area contributed by atoms with Crippen molar-refractivity contribution < 1.29 is 19.1 Å². The van der Waals surface area contributed by atoms with Crippen molar-refractivity contribution in [2.24, 2.45) is 5.84 Å². The predicted molar refractivity (Wildman–Crippen MR) is 85.3 cm³/mol. The van der Waals surface area contributed by atoms with Crippen molar-refractivity contribution in [1.29, 1.82) is 0 Å². The van der Waals surface area contributed by atoms with Crippen molar-refractivity contribution >= 4 is 17.5 Å². The summed E-state index contributed by atoms with van der Waals surface area (Å²) in [7, 11) is 3.22. The van der Waals surface area contributed by atoms with E-state index in [-0.39, 0.29) is 12.3 Å². The predicted octanol–water partition coefficient (Wildman–Crippen LogP) is -0.268. The summed E-state index contributed by atoms with van der Waals surface area (Å²) in [6.07, 6.45) is -0.220. The maximum absolute atomic E-state index is 12.0. The van der Waals surface area contributed by atoms with Gasteiger partial charge in [0.05, 0.1) is 19.9 Å². The second-order valence-electron chi connectivity index (χ2n) is 5.15. The van der Waals surface area contributed by atoms with Crippen LogP contribution in [0.15, 0.2) is 18.2 Å². The average molecular weight is 322 g/mol. The van der Waals surface area contributed by atoms with E-state index in [9.17, 15) is 9.59 Å². The summed E-state index contributed by atoms with van der Waals surface area (Å²) in [5, 5.41) is 0. The molecule has 8 heteroatoms. The number of ether oxygens (including phenoxy) is 2. The molecule has 1 aliphatic heterocycles. The van der Waals surface area contributed by atoms with E-state index in [1.165, 1.54) is 0 Å². The molecule has 2 rings (SSSR count). The van der Waals surface area contributed by atoms with Crippen LogP contribution in [0.5, 0.6) is 11.5 Å². The maximum Gasteiger partial charge on any atom is 0.243 e. The zero-order valence-electron chi connectivity index (χ0n) is 13.4. The van der Waals surface area contributed by atoms with Gasteiger partial charge in [0.25, 0.3) is 0 Å². The third kappa shape index (κ3) is 4.04. The van der Waals surface area contributed by atoms with Crippen molar-refractivity contribution in [2.45, 2.75) is 6.42 Å². The Labute approximate surface area is 135 Å². The van der Waals surface area contributed by atoms with Crippen molar-refractivity contribution in [1.82, 2.24) is 10.3 Å². The Morgan fingerprint density at radius 1 is 1.17 bits per heavy atom. The summed E-state index contributed by atoms with van der Waals surface area (Å²) < 4.78 is 10.6. The number of nitrogens with two attached hydrogens (primary N) is 1. The minimum absolute atomic E-state index is 0.214. The second-order valence-corrected chi connectivity index (χ2v) is 5.15. The lowest BCUT2D eigenvalue weighted by Gasteiger charge is -2.36. The van der Waals surface area contributed by atoms with E-state index in [0.717, 1.165) is 17.2 Å². The third-order valence-corrected chi connectivity index (χ3v) is 3.83. The van der Waals surface area contributed by atoms with Gasteiger partial charge in [-0.25, -0.2) is 5.84 Å². The maximum atomic E-state index is 12.0. The van der Waals surface area contributed by atoms with Crippen molar-refractivity contribution in [3.8, 4) is 11.5 Å². The number of amides is 2. The lowest BCUT2D eigenvalue weighted by atomic mass is 10.2. The lowest BCUT2D eigenvalue weighted by Crippen LogP contribution is -2.50. The Balaban J connectivity index is 1.99. The van der Waals surface area contributed by atoms with E-state index in [1.54, 1.807) is 19.1 Å². The van der Waals surface area contributed by atoms with E-state index in [1.807, 2.05) is 23.6 Å². The van der Waals surface area contributed by atoms with Gasteiger partial charge >= 0.3 is 0 Å². The third-order valence-electron chi connectivity index (χ3n) is 3.83. The Morgan fingerprint density at radius 2 is 1.87 bits per heavy atom. The Morgan fingerprint density at radius 3 is 2.43 bits per heavy atom. The zero-order valence-corrected chi connectivity index (χ0v) is 13.4. The fourth-order valence-corrected chi connectivity index (χ4v) is 2.54. The van der Waals surface area contributed by atoms with Crippen LogP contribution in [-0.4, -0.2) is 57.1 Å². The van der Waals surface area contributed by atoms with Gasteiger partial charge in [-0.15, -0.1) is 0 Å². The molecule has 0 aromatic heterocycles. The fraction of sp³-hybridized carbons (Fsp3) is 0.467. The van der Waals surface area contributed by atoms with E-state index in [4.69, 9.17) is 15.3 Å². The smallest absolute Gasteiger partial charge is 0.243 e. The van der Waals surface area contributed by atoms with Crippen molar-refractivity contribution in [2.75, 3.05) is 45.3 Å². The van der Waals surface area contributed by atoms with Crippen molar-refractivity contribution in [3.05, 3.63) is 18.2 Å². The number of hydrogen-bond acceptors (Lipinski definition) is 6. The van der Waals surface area contributed by atoms with E-state index >= 15 is 0 Å². The SMILES string of the molecule is COc1ccc(N2CCN(C(=O)CC(=O)NN)CC2)c(OC)c1. The van der Waals surface area contributed by atoms with Gasteiger partial charge in [-0.3, -0.25) is 15.0 Å². The summed E-state index contributed by atoms with van der Waals surface area (Å²) in [5.41, 5.74) is 2.93. The molecule has 2 amide bonds. The number of nitrogens with one attached hydrogen (secondary N) is 1. The summed E-state index contributed by atoms with van der Waals surface area (Å²) >= 11 is 0. The van der Waals surface area contributed by atoms with Gasteiger partial charge in [0.2, 0.25) is 11.8 Å². The van der Waals surface area contributed by atoms with Crippen molar-refractivity contribution in [3.63, 3.8) is 0 Å². The molecule has 1 heterocycles. The number of carbonyl (C=O) groups excluding carboxylic acids is 2. The number of methoxy groups -OCH3 is 2. The fourth-order valence-electron chi connectivity index (χ4n) is 2.54. The number of benzene rings is 1. The van der Waals surface area contributed by atoms with Gasteiger partial charge in [0.1, 0.15) is 17.9 Å². The number of nitrogens with zero attached hydrogens (tertiary/aromatic N) is 2. The first-order valence-electron chi connectivity index (χ1n) is 7.33. The van der Waals surface area contributed by atoms with Crippen LogP contribution in [0, 0.1) is 0 Å². The molecule has 1 aromatic carbocycles. The number of anilines is 1. The molecule has 1 saturated heterocycles. The monoisotopic (exact) mass is 322 g/mol. The molecular formula is C15H22N4O4. The van der Waals surface area contributed by atoms with Gasteiger partial charge in [-0.1, -0.05) is 0 Å². The summed E-state index contributed by atoms with van der Waals surface area (Å²) in [6.45, 7) is 2.43. The molecule has 0 aliphatic carbocycles. The molecule has 3 N–H and O–H groups in total. The molecule has 23 heavy (non-hydrogen) atoms. The molecule has 0 unspecified atom stereocenters. The summed E-state index contributed by atoms with van der Waals surface area (Å²) in [5.74, 6) is 5.77. The molecule has 0 spiro atoms. The van der Waals surface area contributed by atoms with Crippen LogP contribution in [-0.2, 0) is 9.59 Å². The molecular weight excluding hydrogens is 300 g/mol. The number of piperazine rings is 1. The van der Waals surface area contributed by atoms with Crippen LogP contribution >= 0.6 is 0 Å². The van der Waals surface area contributed by atoms with Gasteiger partial charge < -0.3 is 19.3 Å². The van der Waals surface area contributed by atoms with Gasteiger partial charge in [0.15, 0.2) is 0 Å². The quantitative estimate of drug-likeness (QED) is 0.335. The van der Waals surface area contributed by atoms with Crippen LogP contribution < -0.4 is 25.6 Å². The number of carbonyl (C=O) groups is 2. The van der Waals surface area contributed by atoms with Crippen LogP contribution in [0.4, 0.5) is 5.69 Å². The van der Waals surface area contributed by atoms with Gasteiger partial charge in [-0.2, -0.15) is 0 Å². The second kappa shape index (κ2) is 7.68. The molecule has 8 nitrogen and oxygen atoms in total. The first-order valence-corrected chi connectivity index (χ1v) is 7.33. The van der Waals surface area contributed by atoms with E-state index in [2.05, 4.69) is 4.90 Å². The number of hydrogen-bond donors (Lipinski definition) is 2. The Hall–Kier alpha value is -2.48. The Bertz CT molecular complexity index is 571. The van der Waals surface area contributed by atoms with Crippen LogP contribution in [0.1, 0.15) is 6.42 Å². The molecule has 0 bridgehead atoms.